The van der Waals surface area contributed by atoms with E-state index in [1.165, 1.54) is 25.3 Å². The number of para-hydroxylation sites is 1. The topological polar surface area (TPSA) is 67.4 Å². The molecular weight excluding hydrogens is 349 g/mol. The largest absolute Gasteiger partial charge is 0.496 e. The Hall–Kier alpha value is -3.03. The van der Waals surface area contributed by atoms with E-state index >= 15 is 0 Å². The minimum Gasteiger partial charge on any atom is -0.496 e. The van der Waals surface area contributed by atoms with Gasteiger partial charge < -0.3 is 15.4 Å². The molecule has 2 amide bonds. The van der Waals surface area contributed by atoms with Crippen molar-refractivity contribution in [2.75, 3.05) is 19.0 Å². The highest BCUT2D eigenvalue weighted by Gasteiger charge is 2.27. The molecule has 0 spiro atoms. The van der Waals surface area contributed by atoms with E-state index in [1.807, 2.05) is 0 Å². The number of hydrogen-bond acceptors (Lipinski definition) is 3. The lowest BCUT2D eigenvalue weighted by Crippen LogP contribution is -2.33. The zero-order chi connectivity index (χ0) is 19.2. The van der Waals surface area contributed by atoms with Crippen molar-refractivity contribution in [3.05, 3.63) is 59.7 Å². The minimum absolute atomic E-state index is 0.0179. The van der Waals surface area contributed by atoms with Crippen LogP contribution in [0.4, 0.5) is 18.9 Å². The molecule has 0 saturated heterocycles. The molecule has 2 rings (SSSR count). The summed E-state index contributed by atoms with van der Waals surface area (Å²) in [5, 5.41) is 4.39. The van der Waals surface area contributed by atoms with Crippen LogP contribution in [0, 0.1) is 0 Å². The number of carbonyl (C=O) groups excluding carboxylic acids is 2. The summed E-state index contributed by atoms with van der Waals surface area (Å²) in [5.41, 5.74) is 1.01. The van der Waals surface area contributed by atoms with Gasteiger partial charge in [0.2, 0.25) is 5.91 Å². The van der Waals surface area contributed by atoms with Crippen LogP contribution in [0.3, 0.4) is 0 Å². The lowest BCUT2D eigenvalue weighted by atomic mass is 10.1. The monoisotopic (exact) mass is 366 g/mol. The molecule has 0 heterocycles. The summed E-state index contributed by atoms with van der Waals surface area (Å²) in [6, 6.07) is 12.7. The molecule has 8 heteroatoms. The summed E-state index contributed by atoms with van der Waals surface area (Å²) in [4.78, 5) is 23.9. The summed E-state index contributed by atoms with van der Waals surface area (Å²) in [6.45, 7) is -1.42. The van der Waals surface area contributed by atoms with Gasteiger partial charge in [0, 0.05) is 16.8 Å². The van der Waals surface area contributed by atoms with Gasteiger partial charge >= 0.3 is 6.18 Å². The third kappa shape index (κ3) is 5.80. The maximum atomic E-state index is 12.2. The Bertz CT molecular complexity index is 791. The number of ether oxygens (including phenoxy) is 1. The Kier molecular flexibility index (Phi) is 6.21. The zero-order valence-corrected chi connectivity index (χ0v) is 13.9. The molecular formula is C18H17F3N2O3. The summed E-state index contributed by atoms with van der Waals surface area (Å²) in [5.74, 6) is -0.645. The fourth-order valence-corrected chi connectivity index (χ4v) is 2.25. The van der Waals surface area contributed by atoms with Gasteiger partial charge in [-0.15, -0.1) is 0 Å². The van der Waals surface area contributed by atoms with Crippen molar-refractivity contribution >= 4 is 17.5 Å². The van der Waals surface area contributed by atoms with Gasteiger partial charge in [-0.25, -0.2) is 0 Å². The first-order valence-electron chi connectivity index (χ1n) is 7.65. The Morgan fingerprint density at radius 2 is 1.81 bits per heavy atom. The van der Waals surface area contributed by atoms with Crippen molar-refractivity contribution in [1.29, 1.82) is 0 Å². The first-order valence-corrected chi connectivity index (χ1v) is 7.65. The summed E-state index contributed by atoms with van der Waals surface area (Å²) in [6.07, 6.45) is -4.44. The Morgan fingerprint density at radius 3 is 2.50 bits per heavy atom. The third-order valence-corrected chi connectivity index (χ3v) is 3.40. The number of carbonyl (C=O) groups is 2. The molecule has 2 N–H and O–H groups in total. The van der Waals surface area contributed by atoms with Crippen molar-refractivity contribution in [3.63, 3.8) is 0 Å². The normalized spacial score (nSPS) is 10.9. The second-order valence-electron chi connectivity index (χ2n) is 5.42. The minimum atomic E-state index is -4.49. The molecule has 0 aromatic heterocycles. The number of amides is 2. The van der Waals surface area contributed by atoms with Gasteiger partial charge in [0.25, 0.3) is 5.91 Å². The average molecular weight is 366 g/mol. The molecule has 26 heavy (non-hydrogen) atoms. The first kappa shape index (κ1) is 19.3. The van der Waals surface area contributed by atoms with Crippen molar-refractivity contribution < 1.29 is 27.5 Å². The van der Waals surface area contributed by atoms with Crippen LogP contribution in [-0.2, 0) is 11.2 Å². The van der Waals surface area contributed by atoms with E-state index in [-0.39, 0.29) is 17.9 Å². The number of nitrogens with one attached hydrogen (secondary N) is 2. The second kappa shape index (κ2) is 8.37. The van der Waals surface area contributed by atoms with E-state index in [9.17, 15) is 22.8 Å². The van der Waals surface area contributed by atoms with Crippen molar-refractivity contribution in [2.45, 2.75) is 12.6 Å². The van der Waals surface area contributed by atoms with Gasteiger partial charge in [-0.2, -0.15) is 13.2 Å². The number of halogens is 3. The second-order valence-corrected chi connectivity index (χ2v) is 5.42. The SMILES string of the molecule is COc1ccccc1CC(=O)Nc1cccc(C(=O)NCC(F)(F)F)c1. The maximum absolute atomic E-state index is 12.2. The fraction of sp³-hybridized carbons (Fsp3) is 0.222. The molecule has 0 bridgehead atoms. The highest BCUT2D eigenvalue weighted by Crippen LogP contribution is 2.19. The third-order valence-electron chi connectivity index (χ3n) is 3.40. The predicted molar refractivity (Wildman–Crippen MR) is 90.2 cm³/mol. The van der Waals surface area contributed by atoms with E-state index in [4.69, 9.17) is 4.74 Å². The average Bonchev–Trinajstić information content (AvgIpc) is 2.59. The zero-order valence-electron chi connectivity index (χ0n) is 13.9. The lowest BCUT2D eigenvalue weighted by molar-refractivity contribution is -0.123. The standard InChI is InChI=1S/C18H17F3N2O3/c1-26-15-8-3-2-5-12(15)10-16(24)23-14-7-4-6-13(9-14)17(25)22-11-18(19,20)21/h2-9H,10-11H2,1H3,(H,22,25)(H,23,24). The van der Waals surface area contributed by atoms with Gasteiger partial charge in [0.1, 0.15) is 12.3 Å². The van der Waals surface area contributed by atoms with E-state index in [0.717, 1.165) is 0 Å². The molecule has 0 aliphatic heterocycles. The Balaban J connectivity index is 2.01. The molecule has 5 nitrogen and oxygen atoms in total. The van der Waals surface area contributed by atoms with Gasteiger partial charge in [-0.1, -0.05) is 24.3 Å². The number of benzene rings is 2. The molecule has 0 aliphatic carbocycles. The maximum Gasteiger partial charge on any atom is 0.405 e. The number of methoxy groups -OCH3 is 1. The molecule has 0 fully saturated rings. The van der Waals surface area contributed by atoms with Crippen LogP contribution in [-0.4, -0.2) is 31.6 Å². The Labute approximate surface area is 148 Å². The smallest absolute Gasteiger partial charge is 0.405 e. The van der Waals surface area contributed by atoms with Crippen LogP contribution < -0.4 is 15.4 Å². The fourth-order valence-electron chi connectivity index (χ4n) is 2.25. The summed E-state index contributed by atoms with van der Waals surface area (Å²) < 4.78 is 41.7. The van der Waals surface area contributed by atoms with E-state index in [0.29, 0.717) is 17.0 Å². The van der Waals surface area contributed by atoms with Gasteiger partial charge in [-0.05, 0) is 24.3 Å². The van der Waals surface area contributed by atoms with Crippen LogP contribution >= 0.6 is 0 Å². The van der Waals surface area contributed by atoms with Crippen LogP contribution in [0.15, 0.2) is 48.5 Å². The van der Waals surface area contributed by atoms with Crippen LogP contribution in [0.2, 0.25) is 0 Å². The highest BCUT2D eigenvalue weighted by atomic mass is 19.4. The van der Waals surface area contributed by atoms with Gasteiger partial charge in [0.15, 0.2) is 0 Å². The van der Waals surface area contributed by atoms with Crippen molar-refractivity contribution in [2.24, 2.45) is 0 Å². The lowest BCUT2D eigenvalue weighted by Gasteiger charge is -2.11. The van der Waals surface area contributed by atoms with E-state index in [1.54, 1.807) is 35.6 Å². The first-order chi connectivity index (χ1) is 12.3. The molecule has 138 valence electrons. The molecule has 0 atom stereocenters. The quantitative estimate of drug-likeness (QED) is 0.825. The summed E-state index contributed by atoms with van der Waals surface area (Å²) in [7, 11) is 1.50. The van der Waals surface area contributed by atoms with Crippen LogP contribution in [0.25, 0.3) is 0 Å². The van der Waals surface area contributed by atoms with Gasteiger partial charge in [0.05, 0.1) is 13.5 Å². The molecule has 0 saturated carbocycles. The number of alkyl halides is 3. The molecule has 0 aliphatic rings. The number of rotatable bonds is 6. The van der Waals surface area contributed by atoms with Crippen molar-refractivity contribution in [1.82, 2.24) is 5.32 Å². The van der Waals surface area contributed by atoms with Crippen molar-refractivity contribution in [3.8, 4) is 5.75 Å². The van der Waals surface area contributed by atoms with Gasteiger partial charge in [-0.3, -0.25) is 9.59 Å². The molecule has 2 aromatic carbocycles. The van der Waals surface area contributed by atoms with Crippen LogP contribution in [0.1, 0.15) is 15.9 Å². The number of hydrogen-bond donors (Lipinski definition) is 2. The molecule has 0 radical (unpaired) electrons. The van der Waals surface area contributed by atoms with Crippen LogP contribution in [0.5, 0.6) is 5.75 Å². The number of anilines is 1. The molecule has 0 unspecified atom stereocenters. The molecule has 2 aromatic rings. The summed E-state index contributed by atoms with van der Waals surface area (Å²) >= 11 is 0. The highest BCUT2D eigenvalue weighted by molar-refractivity contribution is 5.97. The Morgan fingerprint density at radius 1 is 1.08 bits per heavy atom. The predicted octanol–water partition coefficient (Wildman–Crippen LogP) is 3.17. The van der Waals surface area contributed by atoms with E-state index < -0.39 is 18.6 Å². The van der Waals surface area contributed by atoms with E-state index in [2.05, 4.69) is 5.32 Å².